The van der Waals surface area contributed by atoms with Crippen LogP contribution in [0.15, 0.2) is 65.8 Å². The number of anilines is 2. The molecule has 0 saturated carbocycles. The van der Waals surface area contributed by atoms with Gasteiger partial charge in [-0.1, -0.05) is 48.5 Å². The zero-order valence-electron chi connectivity index (χ0n) is 20.9. The number of hydrogen-bond acceptors (Lipinski definition) is 8. The number of hydrogen-bond donors (Lipinski definition) is 4. The summed E-state index contributed by atoms with van der Waals surface area (Å²) in [6, 6.07) is 18.5. The monoisotopic (exact) mass is 560 g/mol. The minimum absolute atomic E-state index is 0. The van der Waals surface area contributed by atoms with Gasteiger partial charge in [-0.3, -0.25) is 15.3 Å². The van der Waals surface area contributed by atoms with E-state index in [9.17, 15) is 10.2 Å². The Balaban J connectivity index is 0.00000168. The molecule has 3 aliphatic heterocycles. The van der Waals surface area contributed by atoms with Crippen molar-refractivity contribution in [2.75, 3.05) is 49.9 Å². The summed E-state index contributed by atoms with van der Waals surface area (Å²) in [4.78, 5) is 7.11. The number of rotatable bonds is 6. The minimum atomic E-state index is -1.02. The Labute approximate surface area is 234 Å². The third-order valence-electron chi connectivity index (χ3n) is 7.10. The lowest BCUT2D eigenvalue weighted by Crippen LogP contribution is -2.43. The molecule has 2 fully saturated rings. The molecule has 0 spiro atoms. The van der Waals surface area contributed by atoms with E-state index in [4.69, 9.17) is 4.74 Å². The van der Waals surface area contributed by atoms with Crippen molar-refractivity contribution in [3.63, 3.8) is 0 Å². The SMILES string of the molecule is Cl.Cl.O[C@@H]1[C@H](O)CO[C@H]1n1cc(-c2ccccc2)c2c1N(Nc1ccccc1CN1CCNCC1)CN=C2. The first-order valence-corrected chi connectivity index (χ1v) is 12.5. The van der Waals surface area contributed by atoms with E-state index < -0.39 is 18.4 Å². The molecule has 11 heteroatoms. The van der Waals surface area contributed by atoms with Gasteiger partial charge in [0.15, 0.2) is 6.23 Å². The first-order chi connectivity index (χ1) is 17.7. The van der Waals surface area contributed by atoms with E-state index in [-0.39, 0.29) is 31.4 Å². The molecular formula is C27H34Cl2N6O3. The quantitative estimate of drug-likeness (QED) is 0.368. The lowest BCUT2D eigenvalue weighted by molar-refractivity contribution is -0.0172. The van der Waals surface area contributed by atoms with Crippen molar-refractivity contribution in [3.05, 3.63) is 71.9 Å². The molecule has 0 radical (unpaired) electrons. The van der Waals surface area contributed by atoms with Crippen molar-refractivity contribution in [2.45, 2.75) is 25.0 Å². The van der Waals surface area contributed by atoms with Crippen LogP contribution in [0.3, 0.4) is 0 Å². The Kier molecular flexibility index (Phi) is 9.32. The lowest BCUT2D eigenvalue weighted by Gasteiger charge is -2.32. The maximum atomic E-state index is 10.7. The number of halogens is 2. The standard InChI is InChI=1S/C27H32N6O3.2ClH/c34-24-17-36-27(25(24)35)32-16-22(19-6-2-1-3-7-19)21-14-29-18-33(26(21)32)30-23-9-5-4-8-20(23)15-31-12-10-28-11-13-31;;/h1-9,14,16,24-25,27-28,30,34-35H,10-13,15,17-18H2;2*1H/t24-,25-,27-;;/m1../s1. The summed E-state index contributed by atoms with van der Waals surface area (Å²) >= 11 is 0. The van der Waals surface area contributed by atoms with Crippen LogP contribution in [0.4, 0.5) is 11.5 Å². The number of ether oxygens (including phenoxy) is 1. The molecule has 9 nitrogen and oxygen atoms in total. The van der Waals surface area contributed by atoms with Crippen molar-refractivity contribution < 1.29 is 14.9 Å². The zero-order chi connectivity index (χ0) is 24.5. The van der Waals surface area contributed by atoms with Crippen LogP contribution in [0.5, 0.6) is 0 Å². The summed E-state index contributed by atoms with van der Waals surface area (Å²) in [6.45, 7) is 5.41. The van der Waals surface area contributed by atoms with Gasteiger partial charge < -0.3 is 24.8 Å². The third-order valence-corrected chi connectivity index (χ3v) is 7.10. The van der Waals surface area contributed by atoms with E-state index in [1.54, 1.807) is 0 Å². The van der Waals surface area contributed by atoms with Crippen LogP contribution in [0.2, 0.25) is 0 Å². The molecule has 38 heavy (non-hydrogen) atoms. The maximum Gasteiger partial charge on any atom is 0.164 e. The molecule has 3 atom stereocenters. The first-order valence-electron chi connectivity index (χ1n) is 12.5. The number of nitrogens with one attached hydrogen (secondary N) is 2. The van der Waals surface area contributed by atoms with E-state index in [0.717, 1.165) is 60.9 Å². The fraction of sp³-hybridized carbons (Fsp3) is 0.370. The first kappa shape index (κ1) is 28.4. The predicted octanol–water partition coefficient (Wildman–Crippen LogP) is 2.88. The summed E-state index contributed by atoms with van der Waals surface area (Å²) in [5, 5.41) is 26.3. The van der Waals surface area contributed by atoms with Gasteiger partial charge in [0.1, 0.15) is 24.7 Å². The third kappa shape index (κ3) is 5.55. The summed E-state index contributed by atoms with van der Waals surface area (Å²) in [5.74, 6) is 0.846. The van der Waals surface area contributed by atoms with Crippen LogP contribution < -0.4 is 15.8 Å². The number of piperazine rings is 1. The van der Waals surface area contributed by atoms with E-state index in [2.05, 4.69) is 51.0 Å². The molecule has 0 unspecified atom stereocenters. The van der Waals surface area contributed by atoms with E-state index >= 15 is 0 Å². The zero-order valence-corrected chi connectivity index (χ0v) is 22.6. The highest BCUT2D eigenvalue weighted by atomic mass is 35.5. The molecule has 0 amide bonds. The van der Waals surface area contributed by atoms with Crippen LogP contribution in [0, 0.1) is 0 Å². The average Bonchev–Trinajstić information content (AvgIpc) is 3.46. The highest BCUT2D eigenvalue weighted by molar-refractivity contribution is 5.98. The van der Waals surface area contributed by atoms with Crippen molar-refractivity contribution in [1.29, 1.82) is 0 Å². The summed E-state index contributed by atoms with van der Waals surface area (Å²) in [6.07, 6.45) is 1.23. The lowest BCUT2D eigenvalue weighted by atomic mass is 10.0. The van der Waals surface area contributed by atoms with E-state index in [0.29, 0.717) is 6.67 Å². The van der Waals surface area contributed by atoms with Crippen LogP contribution in [0.1, 0.15) is 17.4 Å². The largest absolute Gasteiger partial charge is 0.388 e. The van der Waals surface area contributed by atoms with Gasteiger partial charge in [-0.05, 0) is 17.2 Å². The van der Waals surface area contributed by atoms with E-state index in [1.165, 1.54) is 5.56 Å². The number of benzene rings is 2. The highest BCUT2D eigenvalue weighted by Crippen LogP contribution is 2.39. The summed E-state index contributed by atoms with van der Waals surface area (Å²) in [5.41, 5.74) is 8.82. The number of para-hydroxylation sites is 1. The van der Waals surface area contributed by atoms with Crippen LogP contribution in [-0.4, -0.2) is 77.6 Å². The molecule has 3 aromatic rings. The Morgan fingerprint density at radius 2 is 1.74 bits per heavy atom. The van der Waals surface area contributed by atoms with Crippen molar-refractivity contribution in [3.8, 4) is 11.1 Å². The number of aliphatic hydroxyl groups excluding tert-OH is 2. The summed E-state index contributed by atoms with van der Waals surface area (Å²) < 4.78 is 7.78. The minimum Gasteiger partial charge on any atom is -0.388 e. The second-order valence-corrected chi connectivity index (χ2v) is 9.51. The molecular weight excluding hydrogens is 527 g/mol. The Morgan fingerprint density at radius 1 is 1.00 bits per heavy atom. The van der Waals surface area contributed by atoms with Gasteiger partial charge in [0.25, 0.3) is 0 Å². The number of fused-ring (bicyclic) bond motifs is 1. The van der Waals surface area contributed by atoms with Gasteiger partial charge in [0.05, 0.1) is 12.3 Å². The Hall–Kier alpha value is -2.63. The molecule has 2 aromatic carbocycles. The second kappa shape index (κ2) is 12.5. The Morgan fingerprint density at radius 3 is 2.47 bits per heavy atom. The molecule has 204 valence electrons. The molecule has 4 N–H and O–H groups in total. The number of aromatic nitrogens is 1. The molecule has 0 aliphatic carbocycles. The topological polar surface area (TPSA) is 97.5 Å². The molecule has 1 aromatic heterocycles. The molecule has 6 rings (SSSR count). The maximum absolute atomic E-state index is 10.7. The smallest absolute Gasteiger partial charge is 0.164 e. The Bertz CT molecular complexity index is 1230. The van der Waals surface area contributed by atoms with Gasteiger partial charge in [-0.2, -0.15) is 0 Å². The van der Waals surface area contributed by atoms with Crippen molar-refractivity contribution in [1.82, 2.24) is 14.8 Å². The van der Waals surface area contributed by atoms with Gasteiger partial charge in [0.2, 0.25) is 0 Å². The van der Waals surface area contributed by atoms with Crippen molar-refractivity contribution >= 4 is 42.5 Å². The molecule has 3 aliphatic rings. The summed E-state index contributed by atoms with van der Waals surface area (Å²) in [7, 11) is 0. The number of nitrogens with zero attached hydrogens (tertiary/aromatic N) is 4. The average molecular weight is 562 g/mol. The van der Waals surface area contributed by atoms with Crippen molar-refractivity contribution in [2.24, 2.45) is 4.99 Å². The van der Waals surface area contributed by atoms with Crippen LogP contribution >= 0.6 is 24.8 Å². The highest BCUT2D eigenvalue weighted by Gasteiger charge is 2.39. The number of aliphatic hydroxyl groups is 2. The normalized spacial score (nSPS) is 22.9. The number of aliphatic imine (C=N–C) groups is 1. The van der Waals surface area contributed by atoms with Crippen LogP contribution in [-0.2, 0) is 11.3 Å². The fourth-order valence-electron chi connectivity index (χ4n) is 5.20. The van der Waals surface area contributed by atoms with Gasteiger partial charge in [-0.25, -0.2) is 5.01 Å². The van der Waals surface area contributed by atoms with Crippen LogP contribution in [0.25, 0.3) is 11.1 Å². The van der Waals surface area contributed by atoms with Gasteiger partial charge in [0, 0.05) is 56.3 Å². The second-order valence-electron chi connectivity index (χ2n) is 9.51. The van der Waals surface area contributed by atoms with Gasteiger partial charge >= 0.3 is 0 Å². The molecule has 4 heterocycles. The molecule has 0 bridgehead atoms. The predicted molar refractivity (Wildman–Crippen MR) is 155 cm³/mol. The number of hydrazine groups is 1. The van der Waals surface area contributed by atoms with Gasteiger partial charge in [-0.15, -0.1) is 24.8 Å². The fourth-order valence-corrected chi connectivity index (χ4v) is 5.20. The molecule has 2 saturated heterocycles. The van der Waals surface area contributed by atoms with E-state index in [1.807, 2.05) is 46.3 Å².